The molecule has 3 nitrogen and oxygen atoms in total. The van der Waals surface area contributed by atoms with Crippen molar-refractivity contribution in [3.05, 3.63) is 30.3 Å². The summed E-state index contributed by atoms with van der Waals surface area (Å²) in [6.45, 7) is 6.93. The molecule has 0 aliphatic rings. The minimum Gasteiger partial charge on any atom is -0.357 e. The molecule has 19 heavy (non-hydrogen) atoms. The van der Waals surface area contributed by atoms with E-state index in [1.165, 1.54) is 4.90 Å². The summed E-state index contributed by atoms with van der Waals surface area (Å²) < 4.78 is 0. The zero-order valence-corrected chi connectivity index (χ0v) is 14.8. The first-order valence-corrected chi connectivity index (χ1v) is 7.55. The first kappa shape index (κ1) is 18.6. The molecule has 0 saturated heterocycles. The van der Waals surface area contributed by atoms with E-state index in [2.05, 4.69) is 53.7 Å². The van der Waals surface area contributed by atoms with Crippen LogP contribution in [0.15, 0.2) is 40.2 Å². The van der Waals surface area contributed by atoms with Crippen LogP contribution in [0, 0.1) is 0 Å². The number of rotatable bonds is 7. The monoisotopic (exact) mass is 393 g/mol. The summed E-state index contributed by atoms with van der Waals surface area (Å²) in [5, 5.41) is 6.59. The number of guanidine groups is 1. The Morgan fingerprint density at radius 2 is 1.89 bits per heavy atom. The van der Waals surface area contributed by atoms with Gasteiger partial charge in [-0.3, -0.25) is 4.99 Å². The molecule has 2 N–H and O–H groups in total. The van der Waals surface area contributed by atoms with Crippen LogP contribution in [-0.2, 0) is 0 Å². The van der Waals surface area contributed by atoms with Crippen LogP contribution in [0.1, 0.15) is 20.3 Å². The van der Waals surface area contributed by atoms with Crippen molar-refractivity contribution in [1.82, 2.24) is 10.6 Å². The van der Waals surface area contributed by atoms with Crippen LogP contribution in [-0.4, -0.2) is 31.3 Å². The first-order valence-electron chi connectivity index (χ1n) is 6.56. The zero-order valence-electron chi connectivity index (χ0n) is 11.7. The molecule has 0 amide bonds. The Hall–Kier alpha value is -0.430. The molecule has 0 aromatic heterocycles. The molecule has 1 aromatic carbocycles. The van der Waals surface area contributed by atoms with Gasteiger partial charge in [0.2, 0.25) is 0 Å². The van der Waals surface area contributed by atoms with Gasteiger partial charge < -0.3 is 10.6 Å². The molecular weight excluding hydrogens is 369 g/mol. The van der Waals surface area contributed by atoms with Crippen LogP contribution in [0.3, 0.4) is 0 Å². The molecular formula is C14H24IN3S. The molecule has 0 aliphatic heterocycles. The van der Waals surface area contributed by atoms with Crippen LogP contribution in [0.5, 0.6) is 0 Å². The van der Waals surface area contributed by atoms with Crippen LogP contribution >= 0.6 is 35.7 Å². The van der Waals surface area contributed by atoms with E-state index in [4.69, 9.17) is 0 Å². The Bertz CT molecular complexity index is 344. The van der Waals surface area contributed by atoms with Crippen molar-refractivity contribution in [3.8, 4) is 0 Å². The van der Waals surface area contributed by atoms with Gasteiger partial charge in [-0.1, -0.05) is 25.1 Å². The molecule has 0 spiro atoms. The summed E-state index contributed by atoms with van der Waals surface area (Å²) in [5.74, 6) is 1.97. The second kappa shape index (κ2) is 12.6. The van der Waals surface area contributed by atoms with Gasteiger partial charge >= 0.3 is 0 Å². The molecule has 0 atom stereocenters. The van der Waals surface area contributed by atoms with E-state index in [1.54, 1.807) is 0 Å². The maximum atomic E-state index is 4.46. The average molecular weight is 393 g/mol. The lowest BCUT2D eigenvalue weighted by atomic mass is 10.4. The summed E-state index contributed by atoms with van der Waals surface area (Å²) in [7, 11) is 0. The van der Waals surface area contributed by atoms with E-state index < -0.39 is 0 Å². The van der Waals surface area contributed by atoms with E-state index in [1.807, 2.05) is 17.8 Å². The third-order valence-electron chi connectivity index (χ3n) is 2.24. The van der Waals surface area contributed by atoms with Gasteiger partial charge in [-0.2, -0.15) is 0 Å². The normalized spacial score (nSPS) is 10.7. The molecule has 0 heterocycles. The second-order valence-corrected chi connectivity index (χ2v) is 5.02. The maximum absolute atomic E-state index is 4.46. The highest BCUT2D eigenvalue weighted by atomic mass is 127. The number of hydrogen-bond acceptors (Lipinski definition) is 2. The predicted octanol–water partition coefficient (Wildman–Crippen LogP) is 3.36. The van der Waals surface area contributed by atoms with Gasteiger partial charge in [-0.25, -0.2) is 0 Å². The Balaban J connectivity index is 0.00000324. The number of aliphatic imine (C=N–C) groups is 1. The lowest BCUT2D eigenvalue weighted by Gasteiger charge is -2.10. The largest absolute Gasteiger partial charge is 0.357 e. The fraction of sp³-hybridized carbons (Fsp3) is 0.500. The average Bonchev–Trinajstić information content (AvgIpc) is 2.42. The van der Waals surface area contributed by atoms with E-state index in [9.17, 15) is 0 Å². The highest BCUT2D eigenvalue weighted by molar-refractivity contribution is 14.0. The van der Waals surface area contributed by atoms with Crippen LogP contribution < -0.4 is 10.6 Å². The molecule has 0 saturated carbocycles. The Morgan fingerprint density at radius 3 is 2.53 bits per heavy atom. The van der Waals surface area contributed by atoms with Gasteiger partial charge in [0.05, 0.1) is 0 Å². The van der Waals surface area contributed by atoms with Gasteiger partial charge in [0.1, 0.15) is 0 Å². The summed E-state index contributed by atoms with van der Waals surface area (Å²) in [6, 6.07) is 10.5. The van der Waals surface area contributed by atoms with E-state index in [-0.39, 0.29) is 24.0 Å². The highest BCUT2D eigenvalue weighted by Crippen LogP contribution is 2.15. The maximum Gasteiger partial charge on any atom is 0.191 e. The lowest BCUT2D eigenvalue weighted by Crippen LogP contribution is -2.38. The Kier molecular flexibility index (Phi) is 12.3. The van der Waals surface area contributed by atoms with Crippen molar-refractivity contribution in [1.29, 1.82) is 0 Å². The molecule has 0 unspecified atom stereocenters. The summed E-state index contributed by atoms with van der Waals surface area (Å²) in [6.07, 6.45) is 1.08. The fourth-order valence-corrected chi connectivity index (χ4v) is 2.21. The number of halogens is 1. The lowest BCUT2D eigenvalue weighted by molar-refractivity contribution is 0.829. The Morgan fingerprint density at radius 1 is 1.16 bits per heavy atom. The number of nitrogens with one attached hydrogen (secondary N) is 2. The number of benzene rings is 1. The van der Waals surface area contributed by atoms with E-state index in [0.717, 1.165) is 37.8 Å². The number of thioether (sulfide) groups is 1. The minimum absolute atomic E-state index is 0. The van der Waals surface area contributed by atoms with Gasteiger partial charge in [0.15, 0.2) is 5.96 Å². The molecule has 5 heteroatoms. The fourth-order valence-electron chi connectivity index (χ4n) is 1.42. The molecule has 0 bridgehead atoms. The van der Waals surface area contributed by atoms with Crippen molar-refractivity contribution in [2.75, 3.05) is 25.4 Å². The molecule has 1 rings (SSSR count). The predicted molar refractivity (Wildman–Crippen MR) is 96.9 cm³/mol. The van der Waals surface area contributed by atoms with Gasteiger partial charge in [0, 0.05) is 30.3 Å². The molecule has 0 aliphatic carbocycles. The van der Waals surface area contributed by atoms with Gasteiger partial charge in [0.25, 0.3) is 0 Å². The van der Waals surface area contributed by atoms with E-state index in [0.29, 0.717) is 0 Å². The van der Waals surface area contributed by atoms with Crippen molar-refractivity contribution >= 4 is 41.7 Å². The topological polar surface area (TPSA) is 36.4 Å². The Labute approximate surface area is 138 Å². The third-order valence-corrected chi connectivity index (χ3v) is 3.26. The zero-order chi connectivity index (χ0) is 13.1. The van der Waals surface area contributed by atoms with E-state index >= 15 is 0 Å². The van der Waals surface area contributed by atoms with Crippen molar-refractivity contribution in [2.24, 2.45) is 4.99 Å². The quantitative estimate of drug-likeness (QED) is 0.245. The van der Waals surface area contributed by atoms with Crippen LogP contribution in [0.2, 0.25) is 0 Å². The third kappa shape index (κ3) is 9.15. The van der Waals surface area contributed by atoms with Gasteiger partial charge in [-0.15, -0.1) is 35.7 Å². The van der Waals surface area contributed by atoms with Crippen molar-refractivity contribution in [3.63, 3.8) is 0 Å². The standard InChI is InChI=1S/C14H23N3S.HI/c1-3-10-16-14(15-4-2)17-11-12-18-13-8-6-5-7-9-13;/h5-9H,3-4,10-12H2,1-2H3,(H2,15,16,17);1H. The molecule has 1 aromatic rings. The minimum atomic E-state index is 0. The van der Waals surface area contributed by atoms with Crippen LogP contribution in [0.25, 0.3) is 0 Å². The summed E-state index contributed by atoms with van der Waals surface area (Å²) in [5.41, 5.74) is 0. The second-order valence-electron chi connectivity index (χ2n) is 3.85. The molecule has 108 valence electrons. The SMILES string of the molecule is CCCN=C(NCC)NCCSc1ccccc1.I. The smallest absolute Gasteiger partial charge is 0.191 e. The van der Waals surface area contributed by atoms with Crippen molar-refractivity contribution in [2.45, 2.75) is 25.2 Å². The number of nitrogens with zero attached hydrogens (tertiary/aromatic N) is 1. The first-order chi connectivity index (χ1) is 8.86. The van der Waals surface area contributed by atoms with Crippen molar-refractivity contribution < 1.29 is 0 Å². The molecule has 0 fully saturated rings. The highest BCUT2D eigenvalue weighted by Gasteiger charge is 1.96. The summed E-state index contributed by atoms with van der Waals surface area (Å²) >= 11 is 1.86. The number of hydrogen-bond donors (Lipinski definition) is 2. The van der Waals surface area contributed by atoms with Crippen LogP contribution in [0.4, 0.5) is 0 Å². The van der Waals surface area contributed by atoms with Gasteiger partial charge in [-0.05, 0) is 25.5 Å². The summed E-state index contributed by atoms with van der Waals surface area (Å²) in [4.78, 5) is 5.78. The molecule has 0 radical (unpaired) electrons.